The Kier molecular flexibility index (Phi) is 6.68. The zero-order valence-corrected chi connectivity index (χ0v) is 12.4. The number of carboxylic acids is 1. The first-order valence-corrected chi connectivity index (χ1v) is 6.87. The highest BCUT2D eigenvalue weighted by Gasteiger charge is 2.15. The summed E-state index contributed by atoms with van der Waals surface area (Å²) in [6, 6.07) is 7.33. The molecule has 1 aromatic carbocycles. The van der Waals surface area contributed by atoms with Gasteiger partial charge in [0.1, 0.15) is 5.75 Å². The maximum atomic E-state index is 10.9. The number of nitrogens with two attached hydrogens (primary N) is 1. The predicted octanol–water partition coefficient (Wildman–Crippen LogP) is 1.09. The first-order valence-electron chi connectivity index (χ1n) is 6.87. The molecule has 1 rings (SSSR count). The van der Waals surface area contributed by atoms with Crippen LogP contribution >= 0.6 is 0 Å². The molecule has 0 saturated heterocycles. The van der Waals surface area contributed by atoms with Crippen LogP contribution in [0.1, 0.15) is 19.4 Å². The second kappa shape index (κ2) is 8.26. The number of carbonyl (C=O) groups is 2. The molecule has 0 fully saturated rings. The molecule has 0 heterocycles. The summed E-state index contributed by atoms with van der Waals surface area (Å²) in [5.74, 6) is -1.12. The molecule has 6 heteroatoms. The van der Waals surface area contributed by atoms with Crippen molar-refractivity contribution in [1.29, 1.82) is 0 Å². The minimum atomic E-state index is -0.788. The summed E-state index contributed by atoms with van der Waals surface area (Å²) in [6.07, 6.45) is 0. The SMILES string of the molecule is CCN(Cc1ccc(OCC(N)=O)cc1)CC(C)C(=O)O. The Hall–Kier alpha value is -2.08. The van der Waals surface area contributed by atoms with Crippen LogP contribution in [0.15, 0.2) is 24.3 Å². The van der Waals surface area contributed by atoms with E-state index in [1.165, 1.54) is 0 Å². The van der Waals surface area contributed by atoms with Crippen molar-refractivity contribution in [2.24, 2.45) is 11.7 Å². The molecule has 1 unspecified atom stereocenters. The fourth-order valence-corrected chi connectivity index (χ4v) is 1.87. The first kappa shape index (κ1) is 17.0. The van der Waals surface area contributed by atoms with E-state index in [2.05, 4.69) is 4.90 Å². The van der Waals surface area contributed by atoms with E-state index in [1.54, 1.807) is 19.1 Å². The molecule has 0 radical (unpaired) electrons. The van der Waals surface area contributed by atoms with E-state index in [9.17, 15) is 9.59 Å². The monoisotopic (exact) mass is 294 g/mol. The third-order valence-electron chi connectivity index (χ3n) is 3.11. The third kappa shape index (κ3) is 6.27. The number of carbonyl (C=O) groups excluding carboxylic acids is 1. The van der Waals surface area contributed by atoms with Crippen molar-refractivity contribution in [3.63, 3.8) is 0 Å². The molecular formula is C15H22N2O4. The van der Waals surface area contributed by atoms with E-state index in [4.69, 9.17) is 15.6 Å². The zero-order chi connectivity index (χ0) is 15.8. The molecule has 1 atom stereocenters. The van der Waals surface area contributed by atoms with Gasteiger partial charge in [0.25, 0.3) is 5.91 Å². The van der Waals surface area contributed by atoms with E-state index in [0.29, 0.717) is 18.8 Å². The summed E-state index contributed by atoms with van der Waals surface area (Å²) in [7, 11) is 0. The topological polar surface area (TPSA) is 92.9 Å². The van der Waals surface area contributed by atoms with Gasteiger partial charge in [-0.1, -0.05) is 26.0 Å². The van der Waals surface area contributed by atoms with Gasteiger partial charge in [0.15, 0.2) is 6.61 Å². The van der Waals surface area contributed by atoms with Crippen LogP contribution in [0.3, 0.4) is 0 Å². The van der Waals surface area contributed by atoms with Crippen molar-refractivity contribution in [2.45, 2.75) is 20.4 Å². The van der Waals surface area contributed by atoms with Gasteiger partial charge < -0.3 is 15.6 Å². The molecule has 0 bridgehead atoms. The summed E-state index contributed by atoms with van der Waals surface area (Å²) in [5.41, 5.74) is 6.06. The van der Waals surface area contributed by atoms with Gasteiger partial charge in [-0.15, -0.1) is 0 Å². The maximum Gasteiger partial charge on any atom is 0.307 e. The Bertz CT molecular complexity index is 473. The Morgan fingerprint density at radius 3 is 2.43 bits per heavy atom. The molecule has 0 aliphatic rings. The average molecular weight is 294 g/mol. The number of nitrogens with zero attached hydrogens (tertiary/aromatic N) is 1. The lowest BCUT2D eigenvalue weighted by molar-refractivity contribution is -0.141. The van der Waals surface area contributed by atoms with E-state index in [-0.39, 0.29) is 6.61 Å². The van der Waals surface area contributed by atoms with Gasteiger partial charge in [0.2, 0.25) is 0 Å². The minimum Gasteiger partial charge on any atom is -0.484 e. The van der Waals surface area contributed by atoms with E-state index in [0.717, 1.165) is 12.1 Å². The largest absolute Gasteiger partial charge is 0.484 e. The van der Waals surface area contributed by atoms with Crippen LogP contribution in [-0.4, -0.2) is 41.6 Å². The van der Waals surface area contributed by atoms with Crippen LogP contribution in [0.5, 0.6) is 5.75 Å². The number of benzene rings is 1. The van der Waals surface area contributed by atoms with Crippen molar-refractivity contribution in [2.75, 3.05) is 19.7 Å². The van der Waals surface area contributed by atoms with Crippen LogP contribution in [0, 0.1) is 5.92 Å². The number of primary amides is 1. The van der Waals surface area contributed by atoms with Crippen LogP contribution in [-0.2, 0) is 16.1 Å². The Balaban J connectivity index is 2.56. The molecule has 6 nitrogen and oxygen atoms in total. The van der Waals surface area contributed by atoms with E-state index in [1.807, 2.05) is 19.1 Å². The van der Waals surface area contributed by atoms with Crippen LogP contribution < -0.4 is 10.5 Å². The molecule has 0 spiro atoms. The summed E-state index contributed by atoms with van der Waals surface area (Å²) < 4.78 is 5.18. The molecule has 21 heavy (non-hydrogen) atoms. The fraction of sp³-hybridized carbons (Fsp3) is 0.467. The minimum absolute atomic E-state index is 0.142. The van der Waals surface area contributed by atoms with Crippen LogP contribution in [0.25, 0.3) is 0 Å². The summed E-state index contributed by atoms with van der Waals surface area (Å²) >= 11 is 0. The number of ether oxygens (including phenoxy) is 1. The molecule has 1 amide bonds. The lowest BCUT2D eigenvalue weighted by atomic mass is 10.1. The molecule has 0 aliphatic heterocycles. The second-order valence-corrected chi connectivity index (χ2v) is 4.97. The van der Waals surface area contributed by atoms with Crippen molar-refractivity contribution in [1.82, 2.24) is 4.90 Å². The standard InChI is InChI=1S/C15H22N2O4/c1-3-17(8-11(2)15(19)20)9-12-4-6-13(7-5-12)21-10-14(16)18/h4-7,11H,3,8-10H2,1-2H3,(H2,16,18)(H,19,20). The molecule has 0 saturated carbocycles. The third-order valence-corrected chi connectivity index (χ3v) is 3.11. The highest BCUT2D eigenvalue weighted by Crippen LogP contribution is 2.14. The van der Waals surface area contributed by atoms with Crippen molar-refractivity contribution in [3.8, 4) is 5.75 Å². The lowest BCUT2D eigenvalue weighted by Crippen LogP contribution is -2.31. The highest BCUT2D eigenvalue weighted by molar-refractivity contribution is 5.75. The first-order chi connectivity index (χ1) is 9.92. The van der Waals surface area contributed by atoms with Gasteiger partial charge in [-0.05, 0) is 24.2 Å². The predicted molar refractivity (Wildman–Crippen MR) is 78.9 cm³/mol. The smallest absolute Gasteiger partial charge is 0.307 e. The van der Waals surface area contributed by atoms with E-state index < -0.39 is 17.8 Å². The molecular weight excluding hydrogens is 272 g/mol. The Morgan fingerprint density at radius 1 is 1.33 bits per heavy atom. The van der Waals surface area contributed by atoms with Crippen molar-refractivity contribution < 1.29 is 19.4 Å². The van der Waals surface area contributed by atoms with Gasteiger partial charge in [-0.2, -0.15) is 0 Å². The van der Waals surface area contributed by atoms with Gasteiger partial charge in [0, 0.05) is 13.1 Å². The molecule has 116 valence electrons. The molecule has 0 aromatic heterocycles. The van der Waals surface area contributed by atoms with E-state index >= 15 is 0 Å². The Morgan fingerprint density at radius 2 is 1.95 bits per heavy atom. The summed E-state index contributed by atoms with van der Waals surface area (Å²) in [4.78, 5) is 23.6. The number of rotatable bonds is 9. The average Bonchev–Trinajstić information content (AvgIpc) is 2.45. The molecule has 1 aromatic rings. The summed E-state index contributed by atoms with van der Waals surface area (Å²) in [6.45, 7) is 5.51. The quantitative estimate of drug-likeness (QED) is 0.711. The number of aliphatic carboxylic acids is 1. The van der Waals surface area contributed by atoms with Gasteiger partial charge in [-0.3, -0.25) is 14.5 Å². The van der Waals surface area contributed by atoms with Gasteiger partial charge >= 0.3 is 5.97 Å². The molecule has 3 N–H and O–H groups in total. The maximum absolute atomic E-state index is 10.9. The van der Waals surface area contributed by atoms with Gasteiger partial charge in [0.05, 0.1) is 5.92 Å². The normalized spacial score (nSPS) is 12.1. The second-order valence-electron chi connectivity index (χ2n) is 4.97. The van der Waals surface area contributed by atoms with Crippen molar-refractivity contribution >= 4 is 11.9 Å². The van der Waals surface area contributed by atoms with Gasteiger partial charge in [-0.25, -0.2) is 0 Å². The number of carboxylic acid groups (broad SMARTS) is 1. The van der Waals surface area contributed by atoms with Crippen molar-refractivity contribution in [3.05, 3.63) is 29.8 Å². The van der Waals surface area contributed by atoms with Crippen LogP contribution in [0.4, 0.5) is 0 Å². The fourth-order valence-electron chi connectivity index (χ4n) is 1.87. The zero-order valence-electron chi connectivity index (χ0n) is 12.4. The van der Waals surface area contributed by atoms with Crippen LogP contribution in [0.2, 0.25) is 0 Å². The molecule has 0 aliphatic carbocycles. The number of amides is 1. The number of hydrogen-bond acceptors (Lipinski definition) is 4. The highest BCUT2D eigenvalue weighted by atomic mass is 16.5. The summed E-state index contributed by atoms with van der Waals surface area (Å²) in [5, 5.41) is 8.95. The number of hydrogen-bond donors (Lipinski definition) is 2. The Labute approximate surface area is 124 Å². The lowest BCUT2D eigenvalue weighted by Gasteiger charge is -2.22.